The van der Waals surface area contributed by atoms with Crippen LogP contribution in [0.25, 0.3) is 0 Å². The highest BCUT2D eigenvalue weighted by molar-refractivity contribution is 5.82. The number of hydrogen-bond donors (Lipinski definition) is 0. The third-order valence-corrected chi connectivity index (χ3v) is 3.81. The van der Waals surface area contributed by atoms with Gasteiger partial charge in [-0.05, 0) is 31.4 Å². The van der Waals surface area contributed by atoms with Crippen molar-refractivity contribution < 1.29 is 18.0 Å². The lowest BCUT2D eigenvalue weighted by Gasteiger charge is -2.37. The Morgan fingerprint density at radius 1 is 1.38 bits per heavy atom. The minimum atomic E-state index is -4.37. The van der Waals surface area contributed by atoms with Crippen LogP contribution >= 0.6 is 0 Å². The zero-order valence-corrected chi connectivity index (χ0v) is 12.2. The van der Waals surface area contributed by atoms with E-state index in [1.54, 1.807) is 0 Å². The molecule has 1 atom stereocenters. The summed E-state index contributed by atoms with van der Waals surface area (Å²) in [5.41, 5.74) is 2.09. The summed E-state index contributed by atoms with van der Waals surface area (Å²) in [6.45, 7) is 0.757. The number of fused-ring (bicyclic) bond motifs is 1. The Kier molecular flexibility index (Phi) is 4.44. The van der Waals surface area contributed by atoms with E-state index in [4.69, 9.17) is 0 Å². The second kappa shape index (κ2) is 5.95. The largest absolute Gasteiger partial charge is 0.406 e. The molecule has 0 radical (unpaired) electrons. The van der Waals surface area contributed by atoms with Gasteiger partial charge in [-0.1, -0.05) is 18.2 Å². The van der Waals surface area contributed by atoms with E-state index in [9.17, 15) is 18.0 Å². The van der Waals surface area contributed by atoms with Gasteiger partial charge in [-0.3, -0.25) is 4.79 Å². The van der Waals surface area contributed by atoms with E-state index < -0.39 is 18.6 Å². The molecule has 1 unspecified atom stereocenters. The quantitative estimate of drug-likeness (QED) is 0.857. The Bertz CT molecular complexity index is 516. The molecule has 0 saturated heterocycles. The first kappa shape index (κ1) is 15.7. The summed E-state index contributed by atoms with van der Waals surface area (Å²) in [4.78, 5) is 14.7. The number of anilines is 1. The highest BCUT2D eigenvalue weighted by Gasteiger charge is 2.32. The summed E-state index contributed by atoms with van der Waals surface area (Å²) in [6.07, 6.45) is -2.54. The topological polar surface area (TPSA) is 23.6 Å². The molecule has 1 aromatic rings. The molecule has 21 heavy (non-hydrogen) atoms. The second-order valence-electron chi connectivity index (χ2n) is 5.51. The molecule has 0 spiro atoms. The maximum Gasteiger partial charge on any atom is 0.406 e. The maximum atomic E-state index is 12.4. The molecule has 1 amide bonds. The van der Waals surface area contributed by atoms with Crippen LogP contribution in [0.5, 0.6) is 0 Å². The first-order chi connectivity index (χ1) is 9.78. The van der Waals surface area contributed by atoms with E-state index in [1.807, 2.05) is 36.1 Å². The standard InChI is InChI=1S/C15H19F3N2O/c1-11-7-8-12-5-3-4-6-13(12)20(11)9-14(21)19(2)10-15(16,17)18/h3-6,11H,7-10H2,1-2H3. The number of para-hydroxylation sites is 1. The van der Waals surface area contributed by atoms with Crippen LogP contribution in [-0.2, 0) is 11.2 Å². The summed E-state index contributed by atoms with van der Waals surface area (Å²) in [5, 5.41) is 0. The first-order valence-electron chi connectivity index (χ1n) is 6.93. The molecule has 116 valence electrons. The van der Waals surface area contributed by atoms with Crippen molar-refractivity contribution in [2.75, 3.05) is 25.0 Å². The number of hydrogen-bond acceptors (Lipinski definition) is 2. The predicted molar refractivity (Wildman–Crippen MR) is 75.3 cm³/mol. The van der Waals surface area contributed by atoms with Crippen molar-refractivity contribution in [2.24, 2.45) is 0 Å². The minimum Gasteiger partial charge on any atom is -0.359 e. The third-order valence-electron chi connectivity index (χ3n) is 3.81. The number of aryl methyl sites for hydroxylation is 1. The normalized spacial score (nSPS) is 18.3. The lowest BCUT2D eigenvalue weighted by molar-refractivity contribution is -0.157. The smallest absolute Gasteiger partial charge is 0.359 e. The molecule has 6 heteroatoms. The Morgan fingerprint density at radius 3 is 2.71 bits per heavy atom. The van der Waals surface area contributed by atoms with Crippen molar-refractivity contribution >= 4 is 11.6 Å². The molecule has 1 aliphatic rings. The Labute approximate surface area is 122 Å². The van der Waals surface area contributed by atoms with Gasteiger partial charge in [0.2, 0.25) is 5.91 Å². The molecule has 0 N–H and O–H groups in total. The molecule has 0 aliphatic carbocycles. The van der Waals surface area contributed by atoms with E-state index in [0.29, 0.717) is 0 Å². The van der Waals surface area contributed by atoms with E-state index in [1.165, 1.54) is 7.05 Å². The number of alkyl halides is 3. The average molecular weight is 300 g/mol. The van der Waals surface area contributed by atoms with Gasteiger partial charge in [0, 0.05) is 18.8 Å². The zero-order valence-electron chi connectivity index (χ0n) is 12.2. The molecule has 0 bridgehead atoms. The molecule has 1 heterocycles. The van der Waals surface area contributed by atoms with Gasteiger partial charge in [0.25, 0.3) is 0 Å². The predicted octanol–water partition coefficient (Wildman–Crippen LogP) is 2.85. The molecule has 1 aliphatic heterocycles. The SMILES string of the molecule is CC1CCc2ccccc2N1CC(=O)N(C)CC(F)(F)F. The van der Waals surface area contributed by atoms with Gasteiger partial charge in [0.15, 0.2) is 0 Å². The maximum absolute atomic E-state index is 12.4. The van der Waals surface area contributed by atoms with Crippen molar-refractivity contribution in [3.63, 3.8) is 0 Å². The summed E-state index contributed by atoms with van der Waals surface area (Å²) in [7, 11) is 1.19. The van der Waals surface area contributed by atoms with Gasteiger partial charge in [-0.25, -0.2) is 0 Å². The van der Waals surface area contributed by atoms with Crippen molar-refractivity contribution in [3.8, 4) is 0 Å². The molecule has 0 fully saturated rings. The van der Waals surface area contributed by atoms with Crippen LogP contribution in [0, 0.1) is 0 Å². The fourth-order valence-corrected chi connectivity index (χ4v) is 2.62. The number of halogens is 3. The lowest BCUT2D eigenvalue weighted by atomic mass is 9.96. The van der Waals surface area contributed by atoms with Gasteiger partial charge >= 0.3 is 6.18 Å². The number of nitrogens with zero attached hydrogens (tertiary/aromatic N) is 2. The number of likely N-dealkylation sites (N-methyl/N-ethyl adjacent to an activating group) is 1. The number of rotatable bonds is 3. The van der Waals surface area contributed by atoms with Gasteiger partial charge in [0.1, 0.15) is 6.54 Å². The summed E-state index contributed by atoms with van der Waals surface area (Å²) >= 11 is 0. The zero-order chi connectivity index (χ0) is 15.6. The molecule has 0 aromatic heterocycles. The van der Waals surface area contributed by atoms with Crippen LogP contribution in [0.4, 0.5) is 18.9 Å². The molecule has 0 saturated carbocycles. The average Bonchev–Trinajstić information content (AvgIpc) is 2.40. The lowest BCUT2D eigenvalue weighted by Crippen LogP contribution is -2.46. The van der Waals surface area contributed by atoms with Crippen molar-refractivity contribution in [1.82, 2.24) is 4.90 Å². The first-order valence-corrected chi connectivity index (χ1v) is 6.93. The van der Waals surface area contributed by atoms with Crippen LogP contribution in [0.3, 0.4) is 0 Å². The summed E-state index contributed by atoms with van der Waals surface area (Å²) < 4.78 is 37.1. The fourth-order valence-electron chi connectivity index (χ4n) is 2.62. The molecule has 3 nitrogen and oxygen atoms in total. The molecular formula is C15H19F3N2O. The van der Waals surface area contributed by atoms with Gasteiger partial charge in [-0.15, -0.1) is 0 Å². The second-order valence-corrected chi connectivity index (χ2v) is 5.51. The monoisotopic (exact) mass is 300 g/mol. The van der Waals surface area contributed by atoms with E-state index in [2.05, 4.69) is 0 Å². The van der Waals surface area contributed by atoms with Crippen molar-refractivity contribution in [3.05, 3.63) is 29.8 Å². The van der Waals surface area contributed by atoms with E-state index in [0.717, 1.165) is 29.0 Å². The fraction of sp³-hybridized carbons (Fsp3) is 0.533. The third kappa shape index (κ3) is 3.89. The highest BCUT2D eigenvalue weighted by atomic mass is 19.4. The van der Waals surface area contributed by atoms with Gasteiger partial charge in [-0.2, -0.15) is 13.2 Å². The Hall–Kier alpha value is -1.72. The van der Waals surface area contributed by atoms with Crippen LogP contribution < -0.4 is 4.90 Å². The Morgan fingerprint density at radius 2 is 2.05 bits per heavy atom. The number of amides is 1. The van der Waals surface area contributed by atoms with Crippen LogP contribution in [-0.4, -0.2) is 43.2 Å². The number of carbonyl (C=O) groups excluding carboxylic acids is 1. The van der Waals surface area contributed by atoms with Crippen LogP contribution in [0.2, 0.25) is 0 Å². The minimum absolute atomic E-state index is 0.0231. The van der Waals surface area contributed by atoms with Crippen LogP contribution in [0.15, 0.2) is 24.3 Å². The van der Waals surface area contributed by atoms with Crippen molar-refractivity contribution in [1.29, 1.82) is 0 Å². The van der Waals surface area contributed by atoms with Crippen molar-refractivity contribution in [2.45, 2.75) is 32.0 Å². The van der Waals surface area contributed by atoms with Gasteiger partial charge < -0.3 is 9.80 Å². The number of carbonyl (C=O) groups is 1. The molecular weight excluding hydrogens is 281 g/mol. The van der Waals surface area contributed by atoms with Crippen LogP contribution in [0.1, 0.15) is 18.9 Å². The van der Waals surface area contributed by atoms with E-state index in [-0.39, 0.29) is 12.6 Å². The molecule has 1 aromatic carbocycles. The Balaban J connectivity index is 2.10. The van der Waals surface area contributed by atoms with E-state index >= 15 is 0 Å². The molecule has 2 rings (SSSR count). The summed E-state index contributed by atoms with van der Waals surface area (Å²) in [6, 6.07) is 7.88. The number of benzene rings is 1. The van der Waals surface area contributed by atoms with Gasteiger partial charge in [0.05, 0.1) is 6.54 Å². The highest BCUT2D eigenvalue weighted by Crippen LogP contribution is 2.30. The summed E-state index contributed by atoms with van der Waals surface area (Å²) in [5.74, 6) is -0.518.